The number of carbonyl (C=O) groups excluding carboxylic acids is 1. The number of anilines is 1. The Morgan fingerprint density at radius 1 is 0.935 bits per heavy atom. The molecule has 0 aliphatic carbocycles. The van der Waals surface area contributed by atoms with Gasteiger partial charge in [0, 0.05) is 11.6 Å². The summed E-state index contributed by atoms with van der Waals surface area (Å²) in [5.41, 5.74) is 1.22. The van der Waals surface area contributed by atoms with E-state index in [9.17, 15) is 13.6 Å². The lowest BCUT2D eigenvalue weighted by Gasteiger charge is -2.18. The van der Waals surface area contributed by atoms with Crippen molar-refractivity contribution < 1.29 is 23.0 Å². The predicted molar refractivity (Wildman–Crippen MR) is 114 cm³/mol. The Bertz CT molecular complexity index is 1200. The minimum Gasteiger partial charge on any atom is -0.497 e. The first-order valence-electron chi connectivity index (χ1n) is 9.39. The standard InChI is InChI=1S/C24H18F2N2O3/c1-30-18-12-7-15(22(14-18)31-2)13-21-24(29)28(17-10-8-16(25)9-11-17)23(27-21)19-5-3-4-6-20(19)26/h3-14H,1-2H3/b21-13+. The minimum atomic E-state index is -0.524. The average Bonchev–Trinajstić information content (AvgIpc) is 3.10. The van der Waals surface area contributed by atoms with Crippen molar-refractivity contribution in [3.8, 4) is 11.5 Å². The Labute approximate surface area is 177 Å². The summed E-state index contributed by atoms with van der Waals surface area (Å²) in [5, 5.41) is 0. The maximum Gasteiger partial charge on any atom is 0.282 e. The summed E-state index contributed by atoms with van der Waals surface area (Å²) in [6.45, 7) is 0. The first-order chi connectivity index (χ1) is 15.0. The van der Waals surface area contributed by atoms with Gasteiger partial charge < -0.3 is 9.47 Å². The number of halogens is 2. The maximum atomic E-state index is 14.5. The summed E-state index contributed by atoms with van der Waals surface area (Å²) in [5.74, 6) is -0.234. The third kappa shape index (κ3) is 3.90. The van der Waals surface area contributed by atoms with Crippen molar-refractivity contribution in [1.29, 1.82) is 0 Å². The van der Waals surface area contributed by atoms with E-state index in [0.29, 0.717) is 22.7 Å². The van der Waals surface area contributed by atoms with Crippen LogP contribution < -0.4 is 14.4 Å². The fourth-order valence-corrected chi connectivity index (χ4v) is 3.25. The molecule has 0 saturated heterocycles. The third-order valence-corrected chi connectivity index (χ3v) is 4.79. The molecule has 156 valence electrons. The van der Waals surface area contributed by atoms with Gasteiger partial charge >= 0.3 is 0 Å². The van der Waals surface area contributed by atoms with Gasteiger partial charge in [-0.3, -0.25) is 9.69 Å². The van der Waals surface area contributed by atoms with E-state index in [4.69, 9.17) is 9.47 Å². The lowest BCUT2D eigenvalue weighted by molar-refractivity contribution is -0.113. The lowest BCUT2D eigenvalue weighted by atomic mass is 10.1. The molecular weight excluding hydrogens is 402 g/mol. The summed E-state index contributed by atoms with van der Waals surface area (Å²) >= 11 is 0. The molecule has 7 heteroatoms. The molecule has 0 fully saturated rings. The van der Waals surface area contributed by atoms with Gasteiger partial charge in [0.05, 0.1) is 25.5 Å². The van der Waals surface area contributed by atoms with Gasteiger partial charge in [-0.1, -0.05) is 12.1 Å². The van der Waals surface area contributed by atoms with Gasteiger partial charge in [0.2, 0.25) is 0 Å². The minimum absolute atomic E-state index is 0.0889. The molecule has 0 bridgehead atoms. The van der Waals surface area contributed by atoms with Crippen LogP contribution in [-0.4, -0.2) is 26.0 Å². The van der Waals surface area contributed by atoms with E-state index >= 15 is 0 Å². The fraction of sp³-hybridized carbons (Fsp3) is 0.0833. The second kappa shape index (κ2) is 8.39. The van der Waals surface area contributed by atoms with E-state index in [1.165, 1.54) is 48.4 Å². The number of ether oxygens (including phenoxy) is 2. The molecule has 3 aromatic carbocycles. The van der Waals surface area contributed by atoms with E-state index < -0.39 is 17.5 Å². The molecule has 0 spiro atoms. The normalized spacial score (nSPS) is 14.7. The highest BCUT2D eigenvalue weighted by molar-refractivity contribution is 6.33. The number of hydrogen-bond acceptors (Lipinski definition) is 4. The molecule has 0 saturated carbocycles. The Morgan fingerprint density at radius 2 is 1.68 bits per heavy atom. The zero-order valence-corrected chi connectivity index (χ0v) is 16.8. The molecule has 1 aliphatic rings. The van der Waals surface area contributed by atoms with Gasteiger partial charge in [0.1, 0.15) is 28.8 Å². The SMILES string of the molecule is COc1ccc(/C=C2/N=C(c3ccccc3F)N(c3ccc(F)cc3)C2=O)c(OC)c1. The molecule has 5 nitrogen and oxygen atoms in total. The number of rotatable bonds is 5. The maximum absolute atomic E-state index is 14.5. The van der Waals surface area contributed by atoms with Crippen molar-refractivity contribution in [3.05, 3.63) is 95.2 Å². The van der Waals surface area contributed by atoms with Crippen molar-refractivity contribution in [2.24, 2.45) is 4.99 Å². The van der Waals surface area contributed by atoms with Crippen molar-refractivity contribution in [3.63, 3.8) is 0 Å². The highest BCUT2D eigenvalue weighted by atomic mass is 19.1. The van der Waals surface area contributed by atoms with Gasteiger partial charge in [-0.25, -0.2) is 13.8 Å². The summed E-state index contributed by atoms with van der Waals surface area (Å²) in [6.07, 6.45) is 1.56. The molecule has 3 aromatic rings. The quantitative estimate of drug-likeness (QED) is 0.557. The molecule has 0 N–H and O–H groups in total. The Hall–Kier alpha value is -4.00. The second-order valence-electron chi connectivity index (χ2n) is 6.67. The number of hydrogen-bond donors (Lipinski definition) is 0. The van der Waals surface area contributed by atoms with Crippen LogP contribution in [0.15, 0.2) is 77.4 Å². The van der Waals surface area contributed by atoms with Crippen LogP contribution in [0.5, 0.6) is 11.5 Å². The average molecular weight is 420 g/mol. The third-order valence-electron chi connectivity index (χ3n) is 4.79. The van der Waals surface area contributed by atoms with Crippen molar-refractivity contribution in [1.82, 2.24) is 0 Å². The van der Waals surface area contributed by atoms with Crippen molar-refractivity contribution >= 4 is 23.5 Å². The predicted octanol–water partition coefficient (Wildman–Crippen LogP) is 4.82. The fourth-order valence-electron chi connectivity index (χ4n) is 3.25. The smallest absolute Gasteiger partial charge is 0.282 e. The van der Waals surface area contributed by atoms with Crippen LogP contribution in [-0.2, 0) is 4.79 Å². The largest absolute Gasteiger partial charge is 0.497 e. The second-order valence-corrected chi connectivity index (χ2v) is 6.67. The molecule has 0 aromatic heterocycles. The number of nitrogens with zero attached hydrogens (tertiary/aromatic N) is 2. The number of carbonyl (C=O) groups is 1. The zero-order valence-electron chi connectivity index (χ0n) is 16.8. The van der Waals surface area contributed by atoms with Gasteiger partial charge in [0.15, 0.2) is 5.84 Å². The highest BCUT2D eigenvalue weighted by Crippen LogP contribution is 2.31. The Kier molecular flexibility index (Phi) is 5.49. The molecule has 31 heavy (non-hydrogen) atoms. The first kappa shape index (κ1) is 20.3. The van der Waals surface area contributed by atoms with Crippen LogP contribution in [0.1, 0.15) is 11.1 Å². The lowest BCUT2D eigenvalue weighted by Crippen LogP contribution is -2.33. The molecule has 1 aliphatic heterocycles. The van der Waals surface area contributed by atoms with Crippen LogP contribution in [0.3, 0.4) is 0 Å². The van der Waals surface area contributed by atoms with E-state index in [1.807, 2.05) is 0 Å². The molecular formula is C24H18F2N2O3. The summed E-state index contributed by atoms with van der Waals surface area (Å²) in [7, 11) is 3.05. The summed E-state index contributed by atoms with van der Waals surface area (Å²) in [6, 6.07) is 16.5. The van der Waals surface area contributed by atoms with Gasteiger partial charge in [-0.05, 0) is 54.6 Å². The molecule has 1 amide bonds. The van der Waals surface area contributed by atoms with E-state index in [-0.39, 0.29) is 17.1 Å². The number of methoxy groups -OCH3 is 2. The highest BCUT2D eigenvalue weighted by Gasteiger charge is 2.34. The van der Waals surface area contributed by atoms with Gasteiger partial charge in [-0.2, -0.15) is 0 Å². The zero-order chi connectivity index (χ0) is 22.0. The van der Waals surface area contributed by atoms with Crippen LogP contribution >= 0.6 is 0 Å². The number of aliphatic imine (C=N–C) groups is 1. The number of amides is 1. The molecule has 0 unspecified atom stereocenters. The number of amidine groups is 1. The summed E-state index contributed by atoms with van der Waals surface area (Å²) in [4.78, 5) is 19.0. The van der Waals surface area contributed by atoms with Gasteiger partial charge in [-0.15, -0.1) is 0 Å². The Morgan fingerprint density at radius 3 is 2.35 bits per heavy atom. The summed E-state index contributed by atoms with van der Waals surface area (Å²) < 4.78 is 38.6. The van der Waals surface area contributed by atoms with Crippen LogP contribution in [0, 0.1) is 11.6 Å². The van der Waals surface area contributed by atoms with E-state index in [0.717, 1.165) is 0 Å². The molecule has 0 atom stereocenters. The van der Waals surface area contributed by atoms with Crippen molar-refractivity contribution in [2.45, 2.75) is 0 Å². The van der Waals surface area contributed by atoms with Crippen LogP contribution in [0.2, 0.25) is 0 Å². The molecule has 4 rings (SSSR count). The van der Waals surface area contributed by atoms with Gasteiger partial charge in [0.25, 0.3) is 5.91 Å². The number of benzene rings is 3. The monoisotopic (exact) mass is 420 g/mol. The van der Waals surface area contributed by atoms with Crippen LogP contribution in [0.4, 0.5) is 14.5 Å². The first-order valence-corrected chi connectivity index (χ1v) is 9.39. The molecule has 1 heterocycles. The van der Waals surface area contributed by atoms with Crippen LogP contribution in [0.25, 0.3) is 6.08 Å². The topological polar surface area (TPSA) is 51.1 Å². The van der Waals surface area contributed by atoms with E-state index in [2.05, 4.69) is 4.99 Å². The van der Waals surface area contributed by atoms with Crippen molar-refractivity contribution in [2.75, 3.05) is 19.1 Å². The molecule has 0 radical (unpaired) electrons. The van der Waals surface area contributed by atoms with E-state index in [1.54, 1.807) is 43.5 Å². The Balaban J connectivity index is 1.85.